The molecule has 0 bridgehead atoms. The Balaban J connectivity index is 1.66. The Bertz CT molecular complexity index is 773. The molecular formula is C18H19N3OS. The van der Waals surface area contributed by atoms with Crippen molar-refractivity contribution < 1.29 is 4.79 Å². The number of carbonyl (C=O) groups is 1. The Kier molecular flexibility index (Phi) is 4.57. The van der Waals surface area contributed by atoms with Crippen LogP contribution < -0.4 is 5.32 Å². The summed E-state index contributed by atoms with van der Waals surface area (Å²) in [6.45, 7) is 4.34. The number of benzene rings is 1. The van der Waals surface area contributed by atoms with Crippen LogP contribution in [0.25, 0.3) is 5.69 Å². The second-order valence-corrected chi connectivity index (χ2v) is 6.73. The third kappa shape index (κ3) is 3.87. The smallest absolute Gasteiger partial charge is 0.230 e. The lowest BCUT2D eigenvalue weighted by Crippen LogP contribution is -2.14. The molecular weight excluding hydrogens is 306 g/mol. The van der Waals surface area contributed by atoms with Gasteiger partial charge in [0.15, 0.2) is 5.82 Å². The molecule has 0 aliphatic heterocycles. The van der Waals surface area contributed by atoms with E-state index >= 15 is 0 Å². The minimum Gasteiger partial charge on any atom is -0.309 e. The molecule has 1 N–H and O–H groups in total. The fourth-order valence-electron chi connectivity index (χ4n) is 2.30. The maximum absolute atomic E-state index is 12.0. The SMILES string of the molecule is CC(C)c1ccc(-n2ccc(NC(=O)Cc3cccs3)n2)cc1. The molecule has 3 rings (SSSR count). The summed E-state index contributed by atoms with van der Waals surface area (Å²) in [5, 5.41) is 9.22. The van der Waals surface area contributed by atoms with Crippen LogP contribution in [0, 0.1) is 0 Å². The summed E-state index contributed by atoms with van der Waals surface area (Å²) in [5.41, 5.74) is 2.28. The van der Waals surface area contributed by atoms with Crippen molar-refractivity contribution in [3.05, 3.63) is 64.5 Å². The number of nitrogens with one attached hydrogen (secondary N) is 1. The van der Waals surface area contributed by atoms with Gasteiger partial charge in [-0.1, -0.05) is 32.0 Å². The van der Waals surface area contributed by atoms with E-state index in [0.717, 1.165) is 10.6 Å². The lowest BCUT2D eigenvalue weighted by atomic mass is 10.0. The fourth-order valence-corrected chi connectivity index (χ4v) is 3.01. The van der Waals surface area contributed by atoms with Crippen LogP contribution in [-0.2, 0) is 11.2 Å². The maximum Gasteiger partial charge on any atom is 0.230 e. The first-order valence-corrected chi connectivity index (χ1v) is 8.48. The van der Waals surface area contributed by atoms with Crippen molar-refractivity contribution >= 4 is 23.1 Å². The monoisotopic (exact) mass is 325 g/mol. The van der Waals surface area contributed by atoms with Crippen LogP contribution in [0.1, 0.15) is 30.2 Å². The molecule has 0 atom stereocenters. The van der Waals surface area contributed by atoms with E-state index in [2.05, 4.69) is 36.4 Å². The zero-order valence-electron chi connectivity index (χ0n) is 13.2. The van der Waals surface area contributed by atoms with Crippen LogP contribution in [0.3, 0.4) is 0 Å². The molecule has 0 saturated heterocycles. The van der Waals surface area contributed by atoms with Crippen molar-refractivity contribution in [3.63, 3.8) is 0 Å². The third-order valence-corrected chi connectivity index (χ3v) is 4.47. The van der Waals surface area contributed by atoms with Gasteiger partial charge in [0.1, 0.15) is 0 Å². The molecule has 0 unspecified atom stereocenters. The second kappa shape index (κ2) is 6.79. The standard InChI is InChI=1S/C18H19N3OS/c1-13(2)14-5-7-15(8-6-14)21-10-9-17(20-21)19-18(22)12-16-4-3-11-23-16/h3-11,13H,12H2,1-2H3,(H,19,20,22). The van der Waals surface area contributed by atoms with Gasteiger partial charge in [-0.2, -0.15) is 5.10 Å². The molecule has 3 aromatic rings. The minimum absolute atomic E-state index is 0.0483. The predicted octanol–water partition coefficient (Wildman–Crippen LogP) is 4.24. The number of carbonyl (C=O) groups excluding carboxylic acids is 1. The normalized spacial score (nSPS) is 10.9. The highest BCUT2D eigenvalue weighted by atomic mass is 32.1. The Morgan fingerprint density at radius 3 is 2.65 bits per heavy atom. The molecule has 0 radical (unpaired) electrons. The molecule has 1 amide bonds. The summed E-state index contributed by atoms with van der Waals surface area (Å²) in [4.78, 5) is 13.0. The van der Waals surface area contributed by atoms with Gasteiger partial charge in [-0.15, -0.1) is 11.3 Å². The Morgan fingerprint density at radius 1 is 1.22 bits per heavy atom. The Hall–Kier alpha value is -2.40. The molecule has 4 nitrogen and oxygen atoms in total. The van der Waals surface area contributed by atoms with Gasteiger partial charge in [0.2, 0.25) is 5.91 Å². The molecule has 0 aliphatic carbocycles. The zero-order chi connectivity index (χ0) is 16.2. The van der Waals surface area contributed by atoms with Crippen molar-refractivity contribution in [2.24, 2.45) is 0 Å². The summed E-state index contributed by atoms with van der Waals surface area (Å²) in [5.74, 6) is 1.03. The lowest BCUT2D eigenvalue weighted by molar-refractivity contribution is -0.115. The molecule has 1 aromatic carbocycles. The van der Waals surface area contributed by atoms with Crippen LogP contribution in [0.4, 0.5) is 5.82 Å². The fraction of sp³-hybridized carbons (Fsp3) is 0.222. The Morgan fingerprint density at radius 2 is 2.00 bits per heavy atom. The number of amides is 1. The van der Waals surface area contributed by atoms with E-state index < -0.39 is 0 Å². The van der Waals surface area contributed by atoms with Crippen LogP contribution in [-0.4, -0.2) is 15.7 Å². The van der Waals surface area contributed by atoms with E-state index in [0.29, 0.717) is 18.2 Å². The first-order chi connectivity index (χ1) is 11.1. The van der Waals surface area contributed by atoms with Gasteiger partial charge in [-0.25, -0.2) is 4.68 Å². The van der Waals surface area contributed by atoms with Crippen LogP contribution in [0.5, 0.6) is 0 Å². The molecule has 118 valence electrons. The highest BCUT2D eigenvalue weighted by Crippen LogP contribution is 2.17. The van der Waals surface area contributed by atoms with Crippen molar-refractivity contribution in [1.82, 2.24) is 9.78 Å². The third-order valence-electron chi connectivity index (χ3n) is 3.60. The van der Waals surface area contributed by atoms with E-state index in [1.54, 1.807) is 16.0 Å². The average Bonchev–Trinajstić information content (AvgIpc) is 3.19. The average molecular weight is 325 g/mol. The molecule has 23 heavy (non-hydrogen) atoms. The molecule has 5 heteroatoms. The summed E-state index contributed by atoms with van der Waals surface area (Å²) in [7, 11) is 0. The maximum atomic E-state index is 12.0. The number of thiophene rings is 1. The summed E-state index contributed by atoms with van der Waals surface area (Å²) in [6.07, 6.45) is 2.23. The Labute approximate surface area is 139 Å². The van der Waals surface area contributed by atoms with Crippen molar-refractivity contribution in [3.8, 4) is 5.69 Å². The van der Waals surface area contributed by atoms with Gasteiger partial charge in [0, 0.05) is 17.1 Å². The predicted molar refractivity (Wildman–Crippen MR) is 94.3 cm³/mol. The minimum atomic E-state index is -0.0483. The molecule has 0 spiro atoms. The highest BCUT2D eigenvalue weighted by molar-refractivity contribution is 7.10. The number of hydrogen-bond donors (Lipinski definition) is 1. The largest absolute Gasteiger partial charge is 0.309 e. The number of rotatable bonds is 5. The molecule has 0 saturated carbocycles. The van der Waals surface area contributed by atoms with Crippen molar-refractivity contribution in [2.75, 3.05) is 5.32 Å². The van der Waals surface area contributed by atoms with E-state index in [1.165, 1.54) is 5.56 Å². The molecule has 2 aromatic heterocycles. The van der Waals surface area contributed by atoms with Gasteiger partial charge in [-0.05, 0) is 35.1 Å². The topological polar surface area (TPSA) is 46.9 Å². The first-order valence-electron chi connectivity index (χ1n) is 7.60. The van der Waals surface area contributed by atoms with Gasteiger partial charge in [0.25, 0.3) is 0 Å². The quantitative estimate of drug-likeness (QED) is 0.763. The van der Waals surface area contributed by atoms with E-state index in [-0.39, 0.29) is 5.91 Å². The molecule has 0 fully saturated rings. The highest BCUT2D eigenvalue weighted by Gasteiger charge is 2.08. The summed E-state index contributed by atoms with van der Waals surface area (Å²) in [6, 6.07) is 14.0. The summed E-state index contributed by atoms with van der Waals surface area (Å²) < 4.78 is 1.77. The van der Waals surface area contributed by atoms with Crippen molar-refractivity contribution in [1.29, 1.82) is 0 Å². The lowest BCUT2D eigenvalue weighted by Gasteiger charge is -2.07. The van der Waals surface area contributed by atoms with E-state index in [4.69, 9.17) is 0 Å². The molecule has 2 heterocycles. The van der Waals surface area contributed by atoms with Gasteiger partial charge in [-0.3, -0.25) is 4.79 Å². The van der Waals surface area contributed by atoms with E-state index in [1.807, 2.05) is 41.9 Å². The zero-order valence-corrected chi connectivity index (χ0v) is 14.0. The van der Waals surface area contributed by atoms with E-state index in [9.17, 15) is 4.79 Å². The second-order valence-electron chi connectivity index (χ2n) is 5.70. The van der Waals surface area contributed by atoms with Crippen LogP contribution in [0.2, 0.25) is 0 Å². The first kappa shape index (κ1) is 15.5. The molecule has 0 aliphatic rings. The van der Waals surface area contributed by atoms with Crippen LogP contribution in [0.15, 0.2) is 54.0 Å². The number of aromatic nitrogens is 2. The van der Waals surface area contributed by atoms with Gasteiger partial charge < -0.3 is 5.32 Å². The number of anilines is 1. The van der Waals surface area contributed by atoms with Gasteiger partial charge in [0.05, 0.1) is 12.1 Å². The number of nitrogens with zero attached hydrogens (tertiary/aromatic N) is 2. The van der Waals surface area contributed by atoms with Crippen molar-refractivity contribution in [2.45, 2.75) is 26.2 Å². The summed E-state index contributed by atoms with van der Waals surface area (Å²) >= 11 is 1.58. The van der Waals surface area contributed by atoms with Crippen LogP contribution >= 0.6 is 11.3 Å². The number of hydrogen-bond acceptors (Lipinski definition) is 3. The van der Waals surface area contributed by atoms with Gasteiger partial charge >= 0.3 is 0 Å².